The number of ether oxygens (including phenoxy) is 1. The Morgan fingerprint density at radius 3 is 1.89 bits per heavy atom. The van der Waals surface area contributed by atoms with Crippen LogP contribution in [0.15, 0.2) is 24.3 Å². The van der Waals surface area contributed by atoms with Gasteiger partial charge in [-0.2, -0.15) is 0 Å². The van der Waals surface area contributed by atoms with Gasteiger partial charge < -0.3 is 43.2 Å². The van der Waals surface area contributed by atoms with E-state index in [1.54, 1.807) is 32.9 Å². The second-order valence-electron chi connectivity index (χ2n) is 9.10. The van der Waals surface area contributed by atoms with E-state index in [1.165, 1.54) is 12.1 Å². The minimum atomic E-state index is -0.951. The smallest absolute Gasteiger partial charge is 0.338 e. The van der Waals surface area contributed by atoms with Gasteiger partial charge in [-0.25, -0.2) is 14.4 Å². The first-order valence-corrected chi connectivity index (χ1v) is 11.6. The molecule has 0 aromatic heterocycles. The lowest BCUT2D eigenvalue weighted by atomic mass is 10.1. The van der Waals surface area contributed by atoms with Crippen molar-refractivity contribution in [2.45, 2.75) is 64.1 Å². The molecule has 13 nitrogen and oxygen atoms in total. The summed E-state index contributed by atoms with van der Waals surface area (Å²) in [4.78, 5) is 59.2. The molecule has 1 aromatic rings. The Kier molecular flexibility index (Phi) is 12.2. The summed E-state index contributed by atoms with van der Waals surface area (Å²) >= 11 is 0. The molecule has 2 atom stereocenters. The predicted octanol–water partition coefficient (Wildman–Crippen LogP) is 0.290. The SMILES string of the molecule is CC(C)(C)OC(=O)c1ccc(NC(=O)[C@H](CCCNC(N)=O)NC(=O)[C@@H](N)CCCNC(N)=O)cc1. The number of carbonyl (C=O) groups is 5. The maximum Gasteiger partial charge on any atom is 0.338 e. The number of primary amides is 2. The van der Waals surface area contributed by atoms with Crippen molar-refractivity contribution in [3.63, 3.8) is 0 Å². The van der Waals surface area contributed by atoms with Crippen LogP contribution in [0.1, 0.15) is 56.8 Å². The van der Waals surface area contributed by atoms with E-state index in [9.17, 15) is 24.0 Å². The molecule has 0 spiro atoms. The topological polar surface area (TPSA) is 221 Å². The highest BCUT2D eigenvalue weighted by Gasteiger charge is 2.24. The van der Waals surface area contributed by atoms with Crippen molar-refractivity contribution in [1.29, 1.82) is 0 Å². The zero-order chi connectivity index (χ0) is 27.3. The summed E-state index contributed by atoms with van der Waals surface area (Å²) in [5, 5.41) is 10.1. The van der Waals surface area contributed by atoms with Gasteiger partial charge in [-0.15, -0.1) is 0 Å². The van der Waals surface area contributed by atoms with Crippen molar-refractivity contribution in [3.8, 4) is 0 Å². The second kappa shape index (κ2) is 14.5. The Bertz CT molecular complexity index is 915. The van der Waals surface area contributed by atoms with Gasteiger partial charge in [0.1, 0.15) is 11.6 Å². The highest BCUT2D eigenvalue weighted by molar-refractivity contribution is 5.98. The highest BCUT2D eigenvalue weighted by atomic mass is 16.6. The fourth-order valence-corrected chi connectivity index (χ4v) is 2.99. The number of nitrogens with two attached hydrogens (primary N) is 3. The molecule has 0 heterocycles. The van der Waals surface area contributed by atoms with E-state index in [0.717, 1.165) is 0 Å². The van der Waals surface area contributed by atoms with Crippen LogP contribution in [0.2, 0.25) is 0 Å². The molecule has 0 unspecified atom stereocenters. The first-order valence-electron chi connectivity index (χ1n) is 11.6. The van der Waals surface area contributed by atoms with E-state index in [0.29, 0.717) is 24.1 Å². The van der Waals surface area contributed by atoms with Crippen molar-refractivity contribution in [2.24, 2.45) is 17.2 Å². The average Bonchev–Trinajstić information content (AvgIpc) is 2.77. The highest BCUT2D eigenvalue weighted by Crippen LogP contribution is 2.15. The number of hydrogen-bond acceptors (Lipinski definition) is 7. The molecule has 36 heavy (non-hydrogen) atoms. The lowest BCUT2D eigenvalue weighted by Gasteiger charge is -2.21. The Morgan fingerprint density at radius 2 is 1.39 bits per heavy atom. The lowest BCUT2D eigenvalue weighted by Crippen LogP contribution is -2.50. The average molecular weight is 508 g/mol. The molecule has 200 valence electrons. The first kappa shape index (κ1) is 30.2. The third-order valence-corrected chi connectivity index (χ3v) is 4.72. The van der Waals surface area contributed by atoms with Crippen molar-refractivity contribution in [3.05, 3.63) is 29.8 Å². The van der Waals surface area contributed by atoms with Crippen LogP contribution in [0.5, 0.6) is 0 Å². The van der Waals surface area contributed by atoms with Crippen LogP contribution in [0.3, 0.4) is 0 Å². The van der Waals surface area contributed by atoms with Gasteiger partial charge in [0.25, 0.3) is 0 Å². The second-order valence-corrected chi connectivity index (χ2v) is 9.10. The zero-order valence-corrected chi connectivity index (χ0v) is 20.9. The monoisotopic (exact) mass is 507 g/mol. The van der Waals surface area contributed by atoms with E-state index in [-0.39, 0.29) is 25.9 Å². The van der Waals surface area contributed by atoms with Crippen LogP contribution in [-0.4, -0.2) is 60.6 Å². The fraction of sp³-hybridized carbons (Fsp3) is 0.522. The van der Waals surface area contributed by atoms with Gasteiger partial charge in [0, 0.05) is 18.8 Å². The van der Waals surface area contributed by atoms with E-state index in [1.807, 2.05) is 0 Å². The molecule has 0 radical (unpaired) electrons. The normalized spacial score (nSPS) is 12.6. The Hall–Kier alpha value is -3.87. The minimum Gasteiger partial charge on any atom is -0.456 e. The largest absolute Gasteiger partial charge is 0.456 e. The van der Waals surface area contributed by atoms with Gasteiger partial charge in [-0.3, -0.25) is 9.59 Å². The van der Waals surface area contributed by atoms with Crippen molar-refractivity contribution < 1.29 is 28.7 Å². The molecule has 0 bridgehead atoms. The van der Waals surface area contributed by atoms with Crippen LogP contribution in [0.4, 0.5) is 15.3 Å². The number of rotatable bonds is 13. The Morgan fingerprint density at radius 1 is 0.861 bits per heavy atom. The van der Waals surface area contributed by atoms with Gasteiger partial charge in [-0.1, -0.05) is 0 Å². The van der Waals surface area contributed by atoms with Crippen molar-refractivity contribution in [2.75, 3.05) is 18.4 Å². The van der Waals surface area contributed by atoms with Gasteiger partial charge in [-0.05, 0) is 70.7 Å². The maximum absolute atomic E-state index is 12.9. The van der Waals surface area contributed by atoms with E-state index < -0.39 is 47.5 Å². The Balaban J connectivity index is 2.78. The number of carbonyl (C=O) groups excluding carboxylic acids is 5. The molecule has 0 fully saturated rings. The van der Waals surface area contributed by atoms with Gasteiger partial charge in [0.05, 0.1) is 11.6 Å². The predicted molar refractivity (Wildman–Crippen MR) is 134 cm³/mol. The number of esters is 1. The molecule has 6 amide bonds. The van der Waals surface area contributed by atoms with Crippen LogP contribution < -0.4 is 38.5 Å². The number of nitrogens with one attached hydrogen (secondary N) is 4. The number of benzene rings is 1. The molecule has 0 aliphatic rings. The van der Waals surface area contributed by atoms with Crippen LogP contribution >= 0.6 is 0 Å². The first-order chi connectivity index (χ1) is 16.8. The molecule has 0 saturated carbocycles. The molecule has 10 N–H and O–H groups in total. The van der Waals surface area contributed by atoms with Crippen molar-refractivity contribution in [1.82, 2.24) is 16.0 Å². The van der Waals surface area contributed by atoms with Crippen LogP contribution in [-0.2, 0) is 14.3 Å². The van der Waals surface area contributed by atoms with E-state index >= 15 is 0 Å². The van der Waals surface area contributed by atoms with Gasteiger partial charge in [0.15, 0.2) is 0 Å². The molecule has 1 aromatic carbocycles. The molecular formula is C23H37N7O6. The summed E-state index contributed by atoms with van der Waals surface area (Å²) in [5.41, 5.74) is 16.0. The molecular weight excluding hydrogens is 470 g/mol. The molecule has 0 aliphatic carbocycles. The third kappa shape index (κ3) is 12.6. The summed E-state index contributed by atoms with van der Waals surface area (Å²) in [5.74, 6) is -1.54. The summed E-state index contributed by atoms with van der Waals surface area (Å²) < 4.78 is 5.32. The quantitative estimate of drug-likeness (QED) is 0.146. The molecule has 0 aliphatic heterocycles. The van der Waals surface area contributed by atoms with Crippen molar-refractivity contribution >= 4 is 35.5 Å². The summed E-state index contributed by atoms with van der Waals surface area (Å²) in [7, 11) is 0. The van der Waals surface area contributed by atoms with E-state index in [2.05, 4.69) is 21.3 Å². The van der Waals surface area contributed by atoms with Crippen LogP contribution in [0.25, 0.3) is 0 Å². The Labute approximate surface area is 210 Å². The number of hydrogen-bond donors (Lipinski definition) is 7. The van der Waals surface area contributed by atoms with Crippen LogP contribution in [0, 0.1) is 0 Å². The summed E-state index contributed by atoms with van der Waals surface area (Å²) in [6.45, 7) is 5.76. The number of anilines is 1. The third-order valence-electron chi connectivity index (χ3n) is 4.72. The minimum absolute atomic E-state index is 0.198. The molecule has 0 saturated heterocycles. The molecule has 13 heteroatoms. The summed E-state index contributed by atoms with van der Waals surface area (Å²) in [6.07, 6.45) is 1.23. The standard InChI is InChI=1S/C23H37N7O6/c1-23(2,3)36-20(33)14-8-10-15(11-9-14)29-19(32)17(7-5-13-28-22(26)35)30-18(31)16(24)6-4-12-27-21(25)34/h8-11,16-17H,4-7,12-13,24H2,1-3H3,(H,29,32)(H,30,31)(H3,25,27,34)(H3,26,28,35)/t16-,17-/m0/s1. The lowest BCUT2D eigenvalue weighted by molar-refractivity contribution is -0.127. The van der Waals surface area contributed by atoms with Gasteiger partial charge in [0.2, 0.25) is 11.8 Å². The zero-order valence-electron chi connectivity index (χ0n) is 20.9. The fourth-order valence-electron chi connectivity index (χ4n) is 2.99. The van der Waals surface area contributed by atoms with Gasteiger partial charge >= 0.3 is 18.0 Å². The maximum atomic E-state index is 12.9. The summed E-state index contributed by atoms with van der Waals surface area (Å²) in [6, 6.07) is 2.89. The van der Waals surface area contributed by atoms with E-state index in [4.69, 9.17) is 21.9 Å². The number of amides is 6. The molecule has 1 rings (SSSR count). The number of urea groups is 2.